The van der Waals surface area contributed by atoms with E-state index >= 15 is 0 Å². The zero-order chi connectivity index (χ0) is 16.4. The molecule has 0 aromatic carbocycles. The molecule has 23 heavy (non-hydrogen) atoms. The number of rotatable bonds is 3. The molecule has 6 heteroatoms. The van der Waals surface area contributed by atoms with Gasteiger partial charge in [-0.3, -0.25) is 4.79 Å². The fourth-order valence-corrected chi connectivity index (χ4v) is 3.67. The highest BCUT2D eigenvalue weighted by atomic mass is 16.2. The van der Waals surface area contributed by atoms with Crippen LogP contribution in [0.3, 0.4) is 0 Å². The molecule has 130 valence electrons. The number of hydrogen-bond donors (Lipinski definition) is 1. The molecule has 0 radical (unpaired) electrons. The van der Waals surface area contributed by atoms with Crippen LogP contribution in [-0.2, 0) is 4.79 Å². The minimum absolute atomic E-state index is 0.0575. The van der Waals surface area contributed by atoms with Gasteiger partial charge in [0, 0.05) is 38.1 Å². The van der Waals surface area contributed by atoms with Gasteiger partial charge < -0.3 is 20.0 Å². The summed E-state index contributed by atoms with van der Waals surface area (Å²) >= 11 is 0. The summed E-state index contributed by atoms with van der Waals surface area (Å²) in [4.78, 5) is 31.0. The summed E-state index contributed by atoms with van der Waals surface area (Å²) in [5.74, 6) is 0.367. The standard InChI is InChI=1S/C17H30N4O2/c1-19-9-7-15(8-10-19)20(2)16(22)13-5-11-21(12-6-13)17(23)18-14-3-4-14/h13-15H,3-12H2,1-2H3,(H,18,23). The molecule has 3 amide bonds. The molecule has 2 aliphatic heterocycles. The van der Waals surface area contributed by atoms with Crippen molar-refractivity contribution in [2.24, 2.45) is 5.92 Å². The van der Waals surface area contributed by atoms with E-state index in [1.54, 1.807) is 0 Å². The van der Waals surface area contributed by atoms with E-state index in [1.165, 1.54) is 0 Å². The van der Waals surface area contributed by atoms with Crippen LogP contribution in [0.5, 0.6) is 0 Å². The van der Waals surface area contributed by atoms with Crippen molar-refractivity contribution in [3.8, 4) is 0 Å². The smallest absolute Gasteiger partial charge is 0.317 e. The second kappa shape index (κ2) is 7.07. The molecular weight excluding hydrogens is 292 g/mol. The minimum atomic E-state index is 0.0575. The van der Waals surface area contributed by atoms with Crippen LogP contribution >= 0.6 is 0 Å². The lowest BCUT2D eigenvalue weighted by molar-refractivity contribution is -0.138. The molecule has 3 fully saturated rings. The quantitative estimate of drug-likeness (QED) is 0.847. The van der Waals surface area contributed by atoms with Gasteiger partial charge in [0.05, 0.1) is 0 Å². The van der Waals surface area contributed by atoms with Gasteiger partial charge in [0.1, 0.15) is 0 Å². The summed E-state index contributed by atoms with van der Waals surface area (Å²) in [7, 11) is 4.10. The Morgan fingerprint density at radius 3 is 2.13 bits per heavy atom. The molecule has 3 aliphatic rings. The lowest BCUT2D eigenvalue weighted by Crippen LogP contribution is -2.50. The van der Waals surface area contributed by atoms with Crippen molar-refractivity contribution in [3.05, 3.63) is 0 Å². The number of nitrogens with one attached hydrogen (secondary N) is 1. The van der Waals surface area contributed by atoms with Crippen molar-refractivity contribution in [2.75, 3.05) is 40.3 Å². The molecule has 0 aromatic rings. The second-order valence-electron chi connectivity index (χ2n) is 7.47. The third kappa shape index (κ3) is 4.16. The number of hydrogen-bond acceptors (Lipinski definition) is 3. The number of carbonyl (C=O) groups is 2. The van der Waals surface area contributed by atoms with E-state index in [2.05, 4.69) is 17.3 Å². The lowest BCUT2D eigenvalue weighted by Gasteiger charge is -2.38. The predicted octanol–water partition coefficient (Wildman–Crippen LogP) is 1.12. The highest BCUT2D eigenvalue weighted by Crippen LogP contribution is 2.24. The first kappa shape index (κ1) is 16.6. The van der Waals surface area contributed by atoms with E-state index in [-0.39, 0.29) is 17.9 Å². The molecule has 0 aromatic heterocycles. The van der Waals surface area contributed by atoms with E-state index in [4.69, 9.17) is 0 Å². The average molecular weight is 322 g/mol. The Labute approximate surface area is 139 Å². The van der Waals surface area contributed by atoms with Gasteiger partial charge in [-0.1, -0.05) is 0 Å². The summed E-state index contributed by atoms with van der Waals surface area (Å²) in [6.45, 7) is 3.55. The molecule has 0 bridgehead atoms. The van der Waals surface area contributed by atoms with Gasteiger partial charge in [0.25, 0.3) is 0 Å². The van der Waals surface area contributed by atoms with E-state index in [9.17, 15) is 9.59 Å². The summed E-state index contributed by atoms with van der Waals surface area (Å²) in [6, 6.07) is 0.842. The molecule has 0 atom stereocenters. The molecular formula is C17H30N4O2. The Bertz CT molecular complexity index is 436. The maximum Gasteiger partial charge on any atom is 0.317 e. The number of amides is 3. The zero-order valence-corrected chi connectivity index (χ0v) is 14.5. The third-order valence-corrected chi connectivity index (χ3v) is 5.62. The fourth-order valence-electron chi connectivity index (χ4n) is 3.67. The number of nitrogens with zero attached hydrogens (tertiary/aromatic N) is 3. The lowest BCUT2D eigenvalue weighted by atomic mass is 9.94. The zero-order valence-electron chi connectivity index (χ0n) is 14.5. The van der Waals surface area contributed by atoms with Crippen LogP contribution < -0.4 is 5.32 Å². The Hall–Kier alpha value is -1.30. The summed E-state index contributed by atoms with van der Waals surface area (Å²) < 4.78 is 0. The van der Waals surface area contributed by atoms with Gasteiger partial charge in [0.15, 0.2) is 0 Å². The molecule has 1 N–H and O–H groups in total. The van der Waals surface area contributed by atoms with Crippen molar-refractivity contribution in [1.29, 1.82) is 0 Å². The van der Waals surface area contributed by atoms with E-state index in [1.807, 2.05) is 16.8 Å². The Morgan fingerprint density at radius 2 is 1.57 bits per heavy atom. The van der Waals surface area contributed by atoms with Crippen LogP contribution in [0.2, 0.25) is 0 Å². The molecule has 2 saturated heterocycles. The molecule has 0 unspecified atom stereocenters. The number of likely N-dealkylation sites (tertiary alicyclic amines) is 2. The first-order chi connectivity index (χ1) is 11.0. The maximum absolute atomic E-state index is 12.7. The highest BCUT2D eigenvalue weighted by molar-refractivity contribution is 5.80. The van der Waals surface area contributed by atoms with Gasteiger partial charge in [-0.15, -0.1) is 0 Å². The molecule has 3 rings (SSSR count). The van der Waals surface area contributed by atoms with Crippen LogP contribution in [0.15, 0.2) is 0 Å². The topological polar surface area (TPSA) is 55.9 Å². The number of piperidine rings is 2. The van der Waals surface area contributed by atoms with Crippen molar-refractivity contribution in [1.82, 2.24) is 20.0 Å². The summed E-state index contributed by atoms with van der Waals surface area (Å²) in [5.41, 5.74) is 0. The van der Waals surface area contributed by atoms with Gasteiger partial charge >= 0.3 is 6.03 Å². The van der Waals surface area contributed by atoms with Crippen LogP contribution in [0.25, 0.3) is 0 Å². The van der Waals surface area contributed by atoms with Gasteiger partial charge in [0.2, 0.25) is 5.91 Å². The molecule has 1 aliphatic carbocycles. The maximum atomic E-state index is 12.7. The molecule has 2 heterocycles. The van der Waals surface area contributed by atoms with Crippen molar-refractivity contribution in [2.45, 2.75) is 50.6 Å². The number of carbonyl (C=O) groups excluding carboxylic acids is 2. The van der Waals surface area contributed by atoms with Crippen LogP contribution in [0, 0.1) is 5.92 Å². The highest BCUT2D eigenvalue weighted by Gasteiger charge is 2.33. The van der Waals surface area contributed by atoms with Crippen LogP contribution in [0.1, 0.15) is 38.5 Å². The largest absolute Gasteiger partial charge is 0.342 e. The Morgan fingerprint density at radius 1 is 0.957 bits per heavy atom. The SMILES string of the molecule is CN1CCC(N(C)C(=O)C2CCN(C(=O)NC3CC3)CC2)CC1. The molecule has 0 spiro atoms. The fraction of sp³-hybridized carbons (Fsp3) is 0.882. The van der Waals surface area contributed by atoms with E-state index in [0.29, 0.717) is 25.2 Å². The summed E-state index contributed by atoms with van der Waals surface area (Å²) in [5, 5.41) is 3.03. The van der Waals surface area contributed by atoms with Gasteiger partial charge in [-0.25, -0.2) is 4.79 Å². The van der Waals surface area contributed by atoms with E-state index in [0.717, 1.165) is 51.6 Å². The molecule has 1 saturated carbocycles. The normalized spacial score (nSPS) is 24.5. The second-order valence-corrected chi connectivity index (χ2v) is 7.47. The predicted molar refractivity (Wildman–Crippen MR) is 89.1 cm³/mol. The molecule has 6 nitrogen and oxygen atoms in total. The first-order valence-corrected chi connectivity index (χ1v) is 9.05. The summed E-state index contributed by atoms with van der Waals surface area (Å²) in [6.07, 6.45) is 5.97. The van der Waals surface area contributed by atoms with Crippen LogP contribution in [0.4, 0.5) is 4.79 Å². The minimum Gasteiger partial charge on any atom is -0.342 e. The van der Waals surface area contributed by atoms with Crippen molar-refractivity contribution in [3.63, 3.8) is 0 Å². The van der Waals surface area contributed by atoms with Crippen LogP contribution in [-0.4, -0.2) is 79.0 Å². The van der Waals surface area contributed by atoms with Crippen molar-refractivity contribution >= 4 is 11.9 Å². The van der Waals surface area contributed by atoms with Gasteiger partial charge in [-0.2, -0.15) is 0 Å². The monoisotopic (exact) mass is 322 g/mol. The van der Waals surface area contributed by atoms with Gasteiger partial charge in [-0.05, 0) is 58.7 Å². The average Bonchev–Trinajstić information content (AvgIpc) is 3.38. The Balaban J connectivity index is 1.44. The first-order valence-electron chi connectivity index (χ1n) is 9.05. The Kier molecular flexibility index (Phi) is 5.09. The third-order valence-electron chi connectivity index (χ3n) is 5.62. The van der Waals surface area contributed by atoms with Crippen molar-refractivity contribution < 1.29 is 9.59 Å². The number of urea groups is 1. The van der Waals surface area contributed by atoms with E-state index < -0.39 is 0 Å².